The number of anilines is 1. The van der Waals surface area contributed by atoms with E-state index in [1.807, 2.05) is 30.3 Å². The lowest BCUT2D eigenvalue weighted by Gasteiger charge is -2.33. The van der Waals surface area contributed by atoms with E-state index in [4.69, 9.17) is 0 Å². The Balaban J connectivity index is 1.50. The Kier molecular flexibility index (Phi) is 13.6. The summed E-state index contributed by atoms with van der Waals surface area (Å²) in [6.07, 6.45) is 5.97. The molecule has 17 heteroatoms. The number of benzene rings is 2. The molecule has 0 radical (unpaired) electrons. The van der Waals surface area contributed by atoms with Gasteiger partial charge in [-0.15, -0.1) is 0 Å². The zero-order valence-electron chi connectivity index (χ0n) is 32.0. The summed E-state index contributed by atoms with van der Waals surface area (Å²) < 4.78 is 27.2. The number of hydrogen-bond acceptors (Lipinski definition) is 11. The molecular weight excluding hydrogens is 745 g/mol. The van der Waals surface area contributed by atoms with Gasteiger partial charge in [-0.25, -0.2) is 13.4 Å². The van der Waals surface area contributed by atoms with Crippen molar-refractivity contribution in [3.8, 4) is 5.69 Å². The van der Waals surface area contributed by atoms with Gasteiger partial charge in [0.1, 0.15) is 11.8 Å². The first-order chi connectivity index (χ1) is 26.4. The molecule has 2 aliphatic rings. The number of carbonyl (C=O) groups excluding carboxylic acids is 2. The number of aliphatic hydroxyl groups is 2. The maximum Gasteiger partial charge on any atom is 0.300 e. The molecule has 3 aromatic rings. The highest BCUT2D eigenvalue weighted by Gasteiger charge is 2.41. The van der Waals surface area contributed by atoms with E-state index >= 15 is 0 Å². The highest BCUT2D eigenvalue weighted by Crippen LogP contribution is 2.37. The molecule has 2 fully saturated rings. The predicted octanol–water partition coefficient (Wildman–Crippen LogP) is 5.22. The van der Waals surface area contributed by atoms with Gasteiger partial charge in [0.25, 0.3) is 11.4 Å². The fourth-order valence-corrected chi connectivity index (χ4v) is 8.48. The third-order valence-corrected chi connectivity index (χ3v) is 13.5. The summed E-state index contributed by atoms with van der Waals surface area (Å²) in [6.45, 7) is 4.55. The van der Waals surface area contributed by atoms with Crippen LogP contribution >= 0.6 is 0 Å². The lowest BCUT2D eigenvalue weighted by molar-refractivity contribution is -0.394. The lowest BCUT2D eigenvalue weighted by atomic mass is 9.82. The zero-order valence-corrected chi connectivity index (χ0v) is 32.8. The number of nitrogens with zero attached hydrogens (tertiary/aromatic N) is 4. The molecule has 2 amide bonds. The number of aryl methyl sites for hydroxylation is 1. The van der Waals surface area contributed by atoms with E-state index in [-0.39, 0.29) is 42.0 Å². The second-order valence-electron chi connectivity index (χ2n) is 16.1. The van der Waals surface area contributed by atoms with Crippen molar-refractivity contribution in [1.82, 2.24) is 14.9 Å². The molecule has 1 unspecified atom stereocenters. The third-order valence-electron chi connectivity index (χ3n) is 10.8. The van der Waals surface area contributed by atoms with Gasteiger partial charge in [-0.1, -0.05) is 62.4 Å². The van der Waals surface area contributed by atoms with E-state index in [2.05, 4.69) is 15.6 Å². The molecule has 0 aliphatic heterocycles. The maximum absolute atomic E-state index is 14.3. The maximum atomic E-state index is 14.3. The van der Waals surface area contributed by atoms with E-state index < -0.39 is 77.5 Å². The molecule has 1 aromatic heterocycles. The standard InChI is InChI=1S/C39H52N6O10S/c1-39(2,3)56(54,55)24-28(37(49)41-31(20-26-12-8-5-9-13-26)36(48)35(47)27-15-16-27)21-29-23-43(32-18-17-30(44(50)51)22-33(32)45(52)53)38(40-29)42-34(46)19-14-25-10-6-4-7-11-25/h4,6-7,10-11,17-18,22-23,26-28,31,35-36,47-48H,5,8-9,12-16,19-21,24H2,1-3H3,(H,41,49)(H,40,42,46)/t28?,31-,35-,36+/m0/s1. The number of amides is 2. The molecular formula is C39H52N6O10S. The summed E-state index contributed by atoms with van der Waals surface area (Å²) in [5.74, 6) is -3.10. The first-order valence-corrected chi connectivity index (χ1v) is 20.8. The number of rotatable bonds is 18. The van der Waals surface area contributed by atoms with Gasteiger partial charge in [0.15, 0.2) is 9.84 Å². The van der Waals surface area contributed by atoms with Crippen LogP contribution in [0.25, 0.3) is 5.69 Å². The van der Waals surface area contributed by atoms with Crippen molar-refractivity contribution in [1.29, 1.82) is 0 Å². The van der Waals surface area contributed by atoms with Crippen LogP contribution in [0.1, 0.15) is 89.8 Å². The number of nitro benzene ring substituents is 2. The van der Waals surface area contributed by atoms with Crippen LogP contribution in [0.2, 0.25) is 0 Å². The largest absolute Gasteiger partial charge is 0.390 e. The minimum atomic E-state index is -3.93. The van der Waals surface area contributed by atoms with Crippen molar-refractivity contribution in [3.05, 3.63) is 86.2 Å². The summed E-state index contributed by atoms with van der Waals surface area (Å²) in [4.78, 5) is 54.2. The van der Waals surface area contributed by atoms with E-state index in [0.29, 0.717) is 12.8 Å². The number of sulfone groups is 1. The molecule has 2 aromatic carbocycles. The molecule has 0 bridgehead atoms. The van der Waals surface area contributed by atoms with Gasteiger partial charge < -0.3 is 15.5 Å². The van der Waals surface area contributed by atoms with Crippen LogP contribution in [0.4, 0.5) is 17.3 Å². The number of nitrogens with one attached hydrogen (secondary N) is 2. The summed E-state index contributed by atoms with van der Waals surface area (Å²) in [7, 11) is -3.93. The first kappa shape index (κ1) is 42.4. The second kappa shape index (κ2) is 18.0. The molecule has 16 nitrogen and oxygen atoms in total. The topological polar surface area (TPSA) is 237 Å². The Bertz CT molecular complexity index is 1990. The fraction of sp³-hybridized carbons (Fsp3) is 0.564. The minimum Gasteiger partial charge on any atom is -0.390 e. The first-order valence-electron chi connectivity index (χ1n) is 19.2. The van der Waals surface area contributed by atoms with Crippen LogP contribution < -0.4 is 10.6 Å². The van der Waals surface area contributed by atoms with Crippen molar-refractivity contribution < 1.29 is 38.1 Å². The van der Waals surface area contributed by atoms with Crippen LogP contribution in [0.5, 0.6) is 0 Å². The van der Waals surface area contributed by atoms with Crippen molar-refractivity contribution in [2.24, 2.45) is 17.8 Å². The fourth-order valence-electron chi connectivity index (χ4n) is 7.18. The summed E-state index contributed by atoms with van der Waals surface area (Å²) in [6, 6.07) is 11.4. The SMILES string of the molecule is CC(C)(C)S(=O)(=O)CC(Cc1cn(-c2ccc([N+](=O)[O-])cc2[N+](=O)[O-])c(NC(=O)CCc2ccccc2)n1)C(=O)N[C@@H](CC1CCCCC1)[C@@H](O)[C@@H](O)C1CC1. The Morgan fingerprint density at radius 1 is 0.982 bits per heavy atom. The van der Waals surface area contributed by atoms with Crippen LogP contribution in [0, 0.1) is 38.0 Å². The molecule has 1 heterocycles. The lowest BCUT2D eigenvalue weighted by Crippen LogP contribution is -2.52. The molecule has 0 spiro atoms. The number of aromatic nitrogens is 2. The van der Waals surface area contributed by atoms with Gasteiger partial charge >= 0.3 is 0 Å². The molecule has 2 aliphatic carbocycles. The van der Waals surface area contributed by atoms with Gasteiger partial charge in [-0.3, -0.25) is 39.7 Å². The molecule has 56 heavy (non-hydrogen) atoms. The third kappa shape index (κ3) is 11.0. The number of carbonyl (C=O) groups is 2. The van der Waals surface area contributed by atoms with Crippen molar-refractivity contribution in [3.63, 3.8) is 0 Å². The van der Waals surface area contributed by atoms with E-state index in [1.54, 1.807) is 0 Å². The zero-order chi connectivity index (χ0) is 40.8. The van der Waals surface area contributed by atoms with Gasteiger partial charge in [0.2, 0.25) is 17.8 Å². The summed E-state index contributed by atoms with van der Waals surface area (Å²) in [5.41, 5.74) is -0.354. The van der Waals surface area contributed by atoms with Crippen LogP contribution in [0.3, 0.4) is 0 Å². The van der Waals surface area contributed by atoms with Crippen LogP contribution in [-0.4, -0.2) is 78.6 Å². The molecule has 304 valence electrons. The van der Waals surface area contributed by atoms with Gasteiger partial charge in [-0.05, 0) is 69.9 Å². The van der Waals surface area contributed by atoms with Crippen LogP contribution in [0.15, 0.2) is 54.7 Å². The van der Waals surface area contributed by atoms with E-state index in [1.165, 1.54) is 31.5 Å². The Morgan fingerprint density at radius 3 is 2.27 bits per heavy atom. The molecule has 2 saturated carbocycles. The van der Waals surface area contributed by atoms with Crippen LogP contribution in [-0.2, 0) is 32.3 Å². The van der Waals surface area contributed by atoms with Gasteiger partial charge in [-0.2, -0.15) is 0 Å². The van der Waals surface area contributed by atoms with E-state index in [0.717, 1.165) is 68.7 Å². The number of hydrogen-bond donors (Lipinski definition) is 4. The highest BCUT2D eigenvalue weighted by molar-refractivity contribution is 7.92. The quantitative estimate of drug-likeness (QED) is 0.0962. The Hall–Kier alpha value is -4.74. The average Bonchev–Trinajstić information content (AvgIpc) is 3.93. The molecule has 0 saturated heterocycles. The predicted molar refractivity (Wildman–Crippen MR) is 209 cm³/mol. The second-order valence-corrected chi connectivity index (χ2v) is 18.9. The van der Waals surface area contributed by atoms with Crippen molar-refractivity contribution in [2.45, 2.75) is 114 Å². The molecule has 4 N–H and O–H groups in total. The van der Waals surface area contributed by atoms with Crippen molar-refractivity contribution >= 4 is 39.0 Å². The smallest absolute Gasteiger partial charge is 0.300 e. The number of nitro groups is 2. The average molecular weight is 797 g/mol. The molecule has 4 atom stereocenters. The normalized spacial score (nSPS) is 17.4. The number of imidazole rings is 1. The Labute approximate surface area is 326 Å². The minimum absolute atomic E-state index is 0.0147. The summed E-state index contributed by atoms with van der Waals surface area (Å²) >= 11 is 0. The van der Waals surface area contributed by atoms with Gasteiger partial charge in [0, 0.05) is 25.1 Å². The van der Waals surface area contributed by atoms with E-state index in [9.17, 15) is 48.4 Å². The Morgan fingerprint density at radius 2 is 1.66 bits per heavy atom. The number of aliphatic hydroxyl groups excluding tert-OH is 2. The highest BCUT2D eigenvalue weighted by atomic mass is 32.2. The van der Waals surface area contributed by atoms with Gasteiger partial charge in [0.05, 0.1) is 50.2 Å². The molecule has 5 rings (SSSR count). The number of non-ortho nitro benzene ring substituents is 1. The van der Waals surface area contributed by atoms with Crippen molar-refractivity contribution in [2.75, 3.05) is 11.1 Å². The monoisotopic (exact) mass is 796 g/mol. The summed E-state index contributed by atoms with van der Waals surface area (Å²) in [5, 5.41) is 51.6.